The number of Topliss-reactive ketones (excluding diaryl/α,β-unsaturated/α-hetero) is 1. The molecule has 254 valence electrons. The van der Waals surface area contributed by atoms with E-state index in [-0.39, 0.29) is 48.1 Å². The Kier molecular flexibility index (Phi) is 11.9. The Morgan fingerprint density at radius 1 is 0.936 bits per heavy atom. The molecule has 2 heterocycles. The van der Waals surface area contributed by atoms with Gasteiger partial charge in [0.2, 0.25) is 0 Å². The van der Waals surface area contributed by atoms with Crippen molar-refractivity contribution in [3.63, 3.8) is 0 Å². The highest BCUT2D eigenvalue weighted by Crippen LogP contribution is 2.37. The summed E-state index contributed by atoms with van der Waals surface area (Å²) in [5, 5.41) is 0. The molecule has 0 N–H and O–H groups in total. The van der Waals surface area contributed by atoms with Crippen LogP contribution in [0.4, 0.5) is 13.2 Å². The second-order valence-electron chi connectivity index (χ2n) is 13.5. The lowest BCUT2D eigenvalue weighted by Gasteiger charge is -2.34. The van der Waals surface area contributed by atoms with E-state index in [1.165, 1.54) is 22.8 Å². The largest absolute Gasteiger partial charge is 0.466 e. The number of carbonyl (C=O) groups is 2. The van der Waals surface area contributed by atoms with Crippen molar-refractivity contribution in [3.05, 3.63) is 91.9 Å². The lowest BCUT2D eigenvalue weighted by Crippen LogP contribution is -2.49. The summed E-state index contributed by atoms with van der Waals surface area (Å²) in [5.41, 5.74) is 4.71. The summed E-state index contributed by atoms with van der Waals surface area (Å²) < 4.78 is 50.2. The van der Waals surface area contributed by atoms with Gasteiger partial charge in [-0.05, 0) is 122 Å². The summed E-state index contributed by atoms with van der Waals surface area (Å²) in [6.45, 7) is 14.2. The van der Waals surface area contributed by atoms with Crippen molar-refractivity contribution in [3.8, 4) is 11.1 Å². The number of hydrogen-bond donors (Lipinski definition) is 0. The number of aryl methyl sites for hydroxylation is 4. The molecule has 1 aliphatic rings. The second kappa shape index (κ2) is 15.5. The molecule has 1 saturated heterocycles. The van der Waals surface area contributed by atoms with E-state index in [0.29, 0.717) is 54.7 Å². The molecule has 4 rings (SSSR count). The Morgan fingerprint density at radius 3 is 2.19 bits per heavy atom. The first-order valence-corrected chi connectivity index (χ1v) is 16.5. The van der Waals surface area contributed by atoms with E-state index in [9.17, 15) is 23.2 Å². The number of ether oxygens (including phenoxy) is 1. The molecule has 1 unspecified atom stereocenters. The van der Waals surface area contributed by atoms with Crippen LogP contribution in [0.2, 0.25) is 0 Å². The van der Waals surface area contributed by atoms with Crippen LogP contribution in [0.3, 0.4) is 0 Å². The Labute approximate surface area is 275 Å². The molecule has 1 fully saturated rings. The molecule has 1 aliphatic heterocycles. The van der Waals surface area contributed by atoms with Crippen molar-refractivity contribution < 1.29 is 27.5 Å². The minimum absolute atomic E-state index is 0.0541. The SMILES string of the molecule is CCOC(=O)C[C@H](CC(=O)C(CC(C)C)n1cc(CCN2CC(F)C2)c(C)cc1=O)c1cc(-c2c(C)cc(F)cc2C)cc(C)c1F. The van der Waals surface area contributed by atoms with E-state index < -0.39 is 29.9 Å². The van der Waals surface area contributed by atoms with Gasteiger partial charge in [0, 0.05) is 44.2 Å². The number of halogens is 3. The van der Waals surface area contributed by atoms with Gasteiger partial charge in [-0.25, -0.2) is 13.2 Å². The fourth-order valence-electron chi connectivity index (χ4n) is 6.70. The second-order valence-corrected chi connectivity index (χ2v) is 13.5. The summed E-state index contributed by atoms with van der Waals surface area (Å²) in [6.07, 6.45) is 1.48. The van der Waals surface area contributed by atoms with Gasteiger partial charge in [-0.2, -0.15) is 0 Å². The van der Waals surface area contributed by atoms with Gasteiger partial charge in [-0.1, -0.05) is 13.8 Å². The van der Waals surface area contributed by atoms with Gasteiger partial charge in [0.25, 0.3) is 5.56 Å². The first-order valence-electron chi connectivity index (χ1n) is 16.5. The molecule has 0 amide bonds. The van der Waals surface area contributed by atoms with Crippen LogP contribution >= 0.6 is 0 Å². The van der Waals surface area contributed by atoms with E-state index in [2.05, 4.69) is 0 Å². The Balaban J connectivity index is 1.74. The molecule has 0 aliphatic carbocycles. The Hall–Kier alpha value is -3.72. The van der Waals surface area contributed by atoms with E-state index in [1.807, 2.05) is 25.7 Å². The highest BCUT2D eigenvalue weighted by atomic mass is 19.1. The summed E-state index contributed by atoms with van der Waals surface area (Å²) >= 11 is 0. The predicted molar refractivity (Wildman–Crippen MR) is 179 cm³/mol. The summed E-state index contributed by atoms with van der Waals surface area (Å²) in [6, 6.07) is 6.88. The van der Waals surface area contributed by atoms with E-state index in [1.54, 1.807) is 46.0 Å². The van der Waals surface area contributed by atoms with Crippen LogP contribution in [0.5, 0.6) is 0 Å². The lowest BCUT2D eigenvalue weighted by atomic mass is 9.83. The van der Waals surface area contributed by atoms with E-state index >= 15 is 4.39 Å². The molecule has 0 bridgehead atoms. The van der Waals surface area contributed by atoms with Gasteiger partial charge in [0.15, 0.2) is 5.78 Å². The van der Waals surface area contributed by atoms with E-state index in [4.69, 9.17) is 4.74 Å². The fourth-order valence-corrected chi connectivity index (χ4v) is 6.70. The molecule has 0 radical (unpaired) electrons. The van der Waals surface area contributed by atoms with Crippen LogP contribution in [0.1, 0.15) is 85.4 Å². The average molecular weight is 653 g/mol. The summed E-state index contributed by atoms with van der Waals surface area (Å²) in [7, 11) is 0. The molecule has 3 aromatic rings. The number of hydrogen-bond acceptors (Lipinski definition) is 5. The van der Waals surface area contributed by atoms with Gasteiger partial charge in [0.05, 0.1) is 19.1 Å². The zero-order valence-corrected chi connectivity index (χ0v) is 28.6. The molecular formula is C38H47F3N2O4. The third-order valence-electron chi connectivity index (χ3n) is 9.08. The number of ketones is 1. The van der Waals surface area contributed by atoms with Gasteiger partial charge in [-0.15, -0.1) is 0 Å². The molecule has 2 atom stereocenters. The number of alkyl halides is 1. The van der Waals surface area contributed by atoms with Crippen molar-refractivity contribution >= 4 is 11.8 Å². The third kappa shape index (κ3) is 8.80. The van der Waals surface area contributed by atoms with Gasteiger partial charge in [-0.3, -0.25) is 19.3 Å². The third-order valence-corrected chi connectivity index (χ3v) is 9.08. The topological polar surface area (TPSA) is 68.6 Å². The number of likely N-dealkylation sites (tertiary alicyclic amines) is 1. The standard InChI is InChI=1S/C38H47F3N2O4/c1-8-47-36(46)18-28(32-16-29(12-26(7)38(32)41)37-24(5)13-30(39)14-25(37)6)17-34(44)33(11-22(2)3)43-19-27(23(4)15-35(43)45)9-10-42-20-31(40)21-42/h12-16,19,22,28,31,33H,8-11,17-18,20-21H2,1-7H3/t28-,33?/m0/s1. The lowest BCUT2D eigenvalue weighted by molar-refractivity contribution is -0.143. The average Bonchev–Trinajstić information content (AvgIpc) is 2.95. The Bertz CT molecular complexity index is 1650. The molecule has 0 spiro atoms. The maximum Gasteiger partial charge on any atom is 0.306 e. The van der Waals surface area contributed by atoms with Crippen LogP contribution in [-0.2, 0) is 20.7 Å². The van der Waals surface area contributed by atoms with Crippen molar-refractivity contribution in [2.24, 2.45) is 5.92 Å². The van der Waals surface area contributed by atoms with E-state index in [0.717, 1.165) is 16.7 Å². The van der Waals surface area contributed by atoms with Crippen molar-refractivity contribution in [2.45, 2.75) is 92.3 Å². The number of rotatable bonds is 14. The number of carbonyl (C=O) groups excluding carboxylic acids is 2. The number of pyridine rings is 1. The minimum Gasteiger partial charge on any atom is -0.466 e. The maximum absolute atomic E-state index is 16.0. The molecule has 9 heteroatoms. The Morgan fingerprint density at radius 2 is 1.60 bits per heavy atom. The molecule has 6 nitrogen and oxygen atoms in total. The summed E-state index contributed by atoms with van der Waals surface area (Å²) in [4.78, 5) is 42.5. The van der Waals surface area contributed by atoms with Crippen LogP contribution in [0, 0.1) is 45.2 Å². The van der Waals surface area contributed by atoms with Gasteiger partial charge < -0.3 is 9.30 Å². The summed E-state index contributed by atoms with van der Waals surface area (Å²) in [5.74, 6) is -2.55. The zero-order valence-electron chi connectivity index (χ0n) is 28.6. The highest BCUT2D eigenvalue weighted by molar-refractivity contribution is 5.84. The van der Waals surface area contributed by atoms with Gasteiger partial charge in [0.1, 0.15) is 17.8 Å². The minimum atomic E-state index is -0.864. The van der Waals surface area contributed by atoms with Crippen molar-refractivity contribution in [1.29, 1.82) is 0 Å². The first kappa shape index (κ1) is 36.1. The molecule has 47 heavy (non-hydrogen) atoms. The normalized spacial score (nSPS) is 15.0. The molecule has 0 saturated carbocycles. The quantitative estimate of drug-likeness (QED) is 0.169. The maximum atomic E-state index is 16.0. The molecule has 2 aromatic carbocycles. The van der Waals surface area contributed by atoms with Gasteiger partial charge >= 0.3 is 5.97 Å². The van der Waals surface area contributed by atoms with Crippen molar-refractivity contribution in [2.75, 3.05) is 26.2 Å². The fraction of sp³-hybridized carbons (Fsp3) is 0.500. The zero-order chi connectivity index (χ0) is 34.6. The first-order chi connectivity index (χ1) is 22.2. The number of nitrogens with zero attached hydrogens (tertiary/aromatic N) is 2. The smallest absolute Gasteiger partial charge is 0.306 e. The monoisotopic (exact) mass is 652 g/mol. The van der Waals surface area contributed by atoms with Crippen molar-refractivity contribution in [1.82, 2.24) is 9.47 Å². The number of esters is 1. The predicted octanol–water partition coefficient (Wildman–Crippen LogP) is 7.51. The van der Waals surface area contributed by atoms with Crippen LogP contribution in [-0.4, -0.2) is 53.6 Å². The highest BCUT2D eigenvalue weighted by Gasteiger charge is 2.31. The van der Waals surface area contributed by atoms with Crippen LogP contribution in [0.15, 0.2) is 41.3 Å². The molecule has 1 aromatic heterocycles. The van der Waals surface area contributed by atoms with Crippen LogP contribution in [0.25, 0.3) is 11.1 Å². The molecular weight excluding hydrogens is 605 g/mol. The van der Waals surface area contributed by atoms with Crippen LogP contribution < -0.4 is 5.56 Å². The number of benzene rings is 2. The number of aromatic nitrogens is 1.